The molecule has 1 aromatic rings. The predicted molar refractivity (Wildman–Crippen MR) is 94.8 cm³/mol. The van der Waals surface area contributed by atoms with Crippen LogP contribution in [-0.2, 0) is 22.4 Å². The molecule has 2 rings (SSSR count). The number of hydrogen-bond acceptors (Lipinski definition) is 4. The Balaban J connectivity index is 1.93. The lowest BCUT2D eigenvalue weighted by Gasteiger charge is -2.23. The summed E-state index contributed by atoms with van der Waals surface area (Å²) >= 11 is 0. The molecule has 0 fully saturated rings. The molecule has 1 amide bonds. The number of carbonyl (C=O) groups excluding carboxylic acids is 2. The summed E-state index contributed by atoms with van der Waals surface area (Å²) in [6, 6.07) is 5.61. The molecule has 0 atom stereocenters. The van der Waals surface area contributed by atoms with Gasteiger partial charge < -0.3 is 15.0 Å². The number of nitrogens with one attached hydrogen (secondary N) is 1. The van der Waals surface area contributed by atoms with Crippen LogP contribution in [0.3, 0.4) is 0 Å². The lowest BCUT2D eigenvalue weighted by molar-refractivity contribution is -0.186. The molecular formula is C19H25F3N2O3. The van der Waals surface area contributed by atoms with E-state index in [0.29, 0.717) is 10.5 Å². The summed E-state index contributed by atoms with van der Waals surface area (Å²) in [6.07, 6.45) is -2.91. The topological polar surface area (TPSA) is 58.6 Å². The molecule has 0 saturated heterocycles. The Kier molecular flexibility index (Phi) is 7.79. The normalized spacial score (nSPS) is 14.4. The molecule has 1 aromatic carbocycles. The molecule has 150 valence electrons. The first-order valence-electron chi connectivity index (χ1n) is 9.03. The van der Waals surface area contributed by atoms with E-state index in [1.54, 1.807) is 6.07 Å². The average Bonchev–Trinajstić information content (AvgIpc) is 2.87. The monoisotopic (exact) mass is 386 g/mol. The fourth-order valence-electron chi connectivity index (χ4n) is 3.12. The molecule has 1 heterocycles. The number of benzene rings is 1. The van der Waals surface area contributed by atoms with Crippen LogP contribution in [0, 0.1) is 0 Å². The van der Waals surface area contributed by atoms with Crippen LogP contribution in [0.25, 0.3) is 0 Å². The molecule has 5 nitrogen and oxygen atoms in total. The predicted octanol–water partition coefficient (Wildman–Crippen LogP) is 2.38. The SMILES string of the molecule is COCCN(CCCC(=O)c1ccc2c(c1)CCNCC2)C(=O)C(F)(F)F. The maximum Gasteiger partial charge on any atom is 0.471 e. The van der Waals surface area contributed by atoms with Crippen LogP contribution >= 0.6 is 0 Å². The Morgan fingerprint density at radius 3 is 2.52 bits per heavy atom. The number of nitrogens with zero attached hydrogens (tertiary/aromatic N) is 1. The Labute approximate surface area is 156 Å². The second kappa shape index (κ2) is 9.85. The van der Waals surface area contributed by atoms with E-state index in [4.69, 9.17) is 4.74 Å². The Hall–Kier alpha value is -1.93. The minimum atomic E-state index is -4.93. The molecule has 27 heavy (non-hydrogen) atoms. The van der Waals surface area contributed by atoms with E-state index in [-0.39, 0.29) is 38.3 Å². The smallest absolute Gasteiger partial charge is 0.383 e. The molecule has 8 heteroatoms. The molecule has 1 aliphatic heterocycles. The number of fused-ring (bicyclic) bond motifs is 1. The van der Waals surface area contributed by atoms with Crippen molar-refractivity contribution in [3.63, 3.8) is 0 Å². The lowest BCUT2D eigenvalue weighted by atomic mass is 9.97. The van der Waals surface area contributed by atoms with E-state index in [9.17, 15) is 22.8 Å². The molecule has 0 spiro atoms. The van der Waals surface area contributed by atoms with Gasteiger partial charge in [-0.2, -0.15) is 13.2 Å². The van der Waals surface area contributed by atoms with Crippen LogP contribution in [0.2, 0.25) is 0 Å². The van der Waals surface area contributed by atoms with E-state index in [0.717, 1.165) is 31.5 Å². The highest BCUT2D eigenvalue weighted by Gasteiger charge is 2.42. The molecule has 0 saturated carbocycles. The molecule has 0 radical (unpaired) electrons. The van der Waals surface area contributed by atoms with Gasteiger partial charge in [0.25, 0.3) is 0 Å². The highest BCUT2D eigenvalue weighted by molar-refractivity contribution is 5.96. The lowest BCUT2D eigenvalue weighted by Crippen LogP contribution is -2.43. The summed E-state index contributed by atoms with van der Waals surface area (Å²) in [5, 5.41) is 3.30. The molecule has 0 unspecified atom stereocenters. The quantitative estimate of drug-likeness (QED) is 0.697. The minimum Gasteiger partial charge on any atom is -0.383 e. The third-order valence-corrected chi connectivity index (χ3v) is 4.60. The van der Waals surface area contributed by atoms with Crippen molar-refractivity contribution in [2.45, 2.75) is 31.9 Å². The van der Waals surface area contributed by atoms with Gasteiger partial charge in [-0.3, -0.25) is 9.59 Å². The van der Waals surface area contributed by atoms with E-state index in [1.165, 1.54) is 12.7 Å². The molecule has 0 aromatic heterocycles. The standard InChI is InChI=1S/C19H25F3N2O3/c1-27-12-11-24(18(26)19(20,21)22)10-2-3-17(25)16-5-4-14-6-8-23-9-7-15(14)13-16/h4-5,13,23H,2-3,6-12H2,1H3. The third-order valence-electron chi connectivity index (χ3n) is 4.60. The molecule has 0 aliphatic carbocycles. The zero-order valence-electron chi connectivity index (χ0n) is 15.4. The van der Waals surface area contributed by atoms with Crippen molar-refractivity contribution in [1.29, 1.82) is 0 Å². The number of rotatable bonds is 8. The van der Waals surface area contributed by atoms with Gasteiger partial charge in [0.2, 0.25) is 0 Å². The molecular weight excluding hydrogens is 361 g/mol. The van der Waals surface area contributed by atoms with Crippen LogP contribution < -0.4 is 5.32 Å². The number of carbonyl (C=O) groups is 2. The fourth-order valence-corrected chi connectivity index (χ4v) is 3.12. The first-order chi connectivity index (χ1) is 12.8. The number of ether oxygens (including phenoxy) is 1. The summed E-state index contributed by atoms with van der Waals surface area (Å²) in [5.41, 5.74) is 2.93. The Bertz CT molecular complexity index is 662. The Morgan fingerprint density at radius 1 is 1.15 bits per heavy atom. The average molecular weight is 386 g/mol. The first-order valence-corrected chi connectivity index (χ1v) is 9.03. The van der Waals surface area contributed by atoms with Crippen LogP contribution in [-0.4, -0.2) is 62.7 Å². The number of Topliss-reactive ketones (excluding diaryl/α,β-unsaturated/α-hetero) is 1. The van der Waals surface area contributed by atoms with Gasteiger partial charge in [-0.1, -0.05) is 12.1 Å². The largest absolute Gasteiger partial charge is 0.471 e. The summed E-state index contributed by atoms with van der Waals surface area (Å²) in [6.45, 7) is 1.48. The third kappa shape index (κ3) is 6.32. The van der Waals surface area contributed by atoms with E-state index in [1.807, 2.05) is 12.1 Å². The van der Waals surface area contributed by atoms with E-state index >= 15 is 0 Å². The molecule has 1 N–H and O–H groups in total. The number of ketones is 1. The van der Waals surface area contributed by atoms with Gasteiger partial charge in [0, 0.05) is 32.2 Å². The van der Waals surface area contributed by atoms with Gasteiger partial charge in [0.05, 0.1) is 6.61 Å². The van der Waals surface area contributed by atoms with Crippen molar-refractivity contribution in [3.8, 4) is 0 Å². The highest BCUT2D eigenvalue weighted by atomic mass is 19.4. The summed E-state index contributed by atoms with van der Waals surface area (Å²) < 4.78 is 42.8. The van der Waals surface area contributed by atoms with Crippen molar-refractivity contribution in [2.75, 3.05) is 39.9 Å². The number of methoxy groups -OCH3 is 1. The minimum absolute atomic E-state index is 0.00856. The zero-order valence-corrected chi connectivity index (χ0v) is 15.4. The van der Waals surface area contributed by atoms with E-state index in [2.05, 4.69) is 5.32 Å². The Morgan fingerprint density at radius 2 is 1.85 bits per heavy atom. The van der Waals surface area contributed by atoms with Gasteiger partial charge in [0.15, 0.2) is 5.78 Å². The van der Waals surface area contributed by atoms with Crippen LogP contribution in [0.5, 0.6) is 0 Å². The van der Waals surface area contributed by atoms with Crippen molar-refractivity contribution < 1.29 is 27.5 Å². The van der Waals surface area contributed by atoms with Crippen molar-refractivity contribution in [1.82, 2.24) is 10.2 Å². The summed E-state index contributed by atoms with van der Waals surface area (Å²) in [4.78, 5) is 24.6. The highest BCUT2D eigenvalue weighted by Crippen LogP contribution is 2.20. The summed E-state index contributed by atoms with van der Waals surface area (Å²) in [5.74, 6) is -2.02. The van der Waals surface area contributed by atoms with Gasteiger partial charge in [0.1, 0.15) is 0 Å². The first kappa shape index (κ1) is 21.4. The summed E-state index contributed by atoms with van der Waals surface area (Å²) in [7, 11) is 1.35. The molecule has 1 aliphatic rings. The van der Waals surface area contributed by atoms with Crippen molar-refractivity contribution >= 4 is 11.7 Å². The number of amides is 1. The van der Waals surface area contributed by atoms with Crippen LogP contribution in [0.4, 0.5) is 13.2 Å². The maximum absolute atomic E-state index is 12.7. The van der Waals surface area contributed by atoms with Crippen LogP contribution in [0.1, 0.15) is 34.3 Å². The van der Waals surface area contributed by atoms with Crippen molar-refractivity contribution in [2.24, 2.45) is 0 Å². The number of alkyl halides is 3. The van der Waals surface area contributed by atoms with Crippen LogP contribution in [0.15, 0.2) is 18.2 Å². The molecule has 0 bridgehead atoms. The second-order valence-electron chi connectivity index (χ2n) is 6.54. The van der Waals surface area contributed by atoms with Gasteiger partial charge in [-0.05, 0) is 49.5 Å². The van der Waals surface area contributed by atoms with E-state index < -0.39 is 12.1 Å². The fraction of sp³-hybridized carbons (Fsp3) is 0.579. The van der Waals surface area contributed by atoms with Gasteiger partial charge in [-0.25, -0.2) is 0 Å². The number of halogens is 3. The van der Waals surface area contributed by atoms with Crippen molar-refractivity contribution in [3.05, 3.63) is 34.9 Å². The number of hydrogen-bond donors (Lipinski definition) is 1. The van der Waals surface area contributed by atoms with Gasteiger partial charge >= 0.3 is 12.1 Å². The van der Waals surface area contributed by atoms with Gasteiger partial charge in [-0.15, -0.1) is 0 Å². The second-order valence-corrected chi connectivity index (χ2v) is 6.54. The maximum atomic E-state index is 12.7. The zero-order chi connectivity index (χ0) is 19.9.